The van der Waals surface area contributed by atoms with Crippen molar-refractivity contribution >= 4 is 17.4 Å². The number of amides is 1. The van der Waals surface area contributed by atoms with Crippen molar-refractivity contribution in [3.63, 3.8) is 0 Å². The summed E-state index contributed by atoms with van der Waals surface area (Å²) in [6.07, 6.45) is 1.39. The highest BCUT2D eigenvalue weighted by atomic mass is 16.5. The lowest BCUT2D eigenvalue weighted by Gasteiger charge is -2.06. The Balaban J connectivity index is 2.05. The van der Waals surface area contributed by atoms with Gasteiger partial charge < -0.3 is 15.8 Å². The zero-order valence-electron chi connectivity index (χ0n) is 9.93. The third-order valence-electron chi connectivity index (χ3n) is 2.34. The van der Waals surface area contributed by atoms with Gasteiger partial charge in [0, 0.05) is 5.69 Å². The molecule has 0 aliphatic heterocycles. The first kappa shape index (κ1) is 12.0. The van der Waals surface area contributed by atoms with E-state index in [0.29, 0.717) is 17.9 Å². The van der Waals surface area contributed by atoms with Gasteiger partial charge in [0.1, 0.15) is 17.1 Å². The van der Waals surface area contributed by atoms with E-state index in [1.807, 2.05) is 6.92 Å². The molecule has 6 nitrogen and oxygen atoms in total. The van der Waals surface area contributed by atoms with Gasteiger partial charge in [-0.1, -0.05) is 0 Å². The third-order valence-corrected chi connectivity index (χ3v) is 2.34. The van der Waals surface area contributed by atoms with Crippen molar-refractivity contribution in [1.29, 1.82) is 0 Å². The van der Waals surface area contributed by atoms with E-state index < -0.39 is 0 Å². The number of H-pyrrole nitrogens is 1. The van der Waals surface area contributed by atoms with Crippen LogP contribution < -0.4 is 15.8 Å². The van der Waals surface area contributed by atoms with Crippen LogP contribution in [0.3, 0.4) is 0 Å². The van der Waals surface area contributed by atoms with Crippen LogP contribution in [-0.4, -0.2) is 22.7 Å². The Hall–Kier alpha value is -2.50. The summed E-state index contributed by atoms with van der Waals surface area (Å²) in [4.78, 5) is 11.8. The van der Waals surface area contributed by atoms with Crippen LogP contribution in [0.15, 0.2) is 30.5 Å². The van der Waals surface area contributed by atoms with Gasteiger partial charge in [0.15, 0.2) is 0 Å². The molecule has 6 heteroatoms. The summed E-state index contributed by atoms with van der Waals surface area (Å²) >= 11 is 0. The van der Waals surface area contributed by atoms with Crippen molar-refractivity contribution in [2.45, 2.75) is 6.92 Å². The average Bonchev–Trinajstić information content (AvgIpc) is 2.78. The van der Waals surface area contributed by atoms with Gasteiger partial charge in [-0.2, -0.15) is 5.10 Å². The van der Waals surface area contributed by atoms with Gasteiger partial charge in [0.05, 0.1) is 12.8 Å². The maximum absolute atomic E-state index is 11.8. The molecule has 0 saturated carbocycles. The average molecular weight is 246 g/mol. The van der Waals surface area contributed by atoms with Gasteiger partial charge in [-0.3, -0.25) is 9.89 Å². The highest BCUT2D eigenvalue weighted by Gasteiger charge is 2.11. The number of nitrogens with two attached hydrogens (primary N) is 1. The predicted molar refractivity (Wildman–Crippen MR) is 68.6 cm³/mol. The van der Waals surface area contributed by atoms with E-state index in [4.69, 9.17) is 10.5 Å². The van der Waals surface area contributed by atoms with Crippen molar-refractivity contribution in [2.75, 3.05) is 17.7 Å². The van der Waals surface area contributed by atoms with Crippen molar-refractivity contribution < 1.29 is 9.53 Å². The standard InChI is InChI=1S/C12H14N4O2/c1-2-18-9-5-3-8(4-6-9)15-12(17)10-7-14-16-11(10)13/h3-7H,2H2,1H3,(H,15,17)(H3,13,14,16). The van der Waals surface area contributed by atoms with E-state index in [0.717, 1.165) is 5.75 Å². The number of nitrogens with zero attached hydrogens (tertiary/aromatic N) is 1. The second kappa shape index (κ2) is 5.22. The smallest absolute Gasteiger partial charge is 0.261 e. The molecule has 1 aromatic heterocycles. The van der Waals surface area contributed by atoms with Gasteiger partial charge in [0.2, 0.25) is 0 Å². The maximum Gasteiger partial charge on any atom is 0.261 e. The molecule has 4 N–H and O–H groups in total. The summed E-state index contributed by atoms with van der Waals surface area (Å²) in [5.74, 6) is 0.710. The number of hydrogen-bond acceptors (Lipinski definition) is 4. The number of ether oxygens (including phenoxy) is 1. The Morgan fingerprint density at radius 3 is 2.72 bits per heavy atom. The molecule has 0 atom stereocenters. The Bertz CT molecular complexity index is 533. The van der Waals surface area contributed by atoms with Gasteiger partial charge in [-0.15, -0.1) is 0 Å². The fourth-order valence-corrected chi connectivity index (χ4v) is 1.48. The van der Waals surface area contributed by atoms with Crippen LogP contribution in [0.25, 0.3) is 0 Å². The second-order valence-electron chi connectivity index (χ2n) is 3.61. The molecule has 0 fully saturated rings. The maximum atomic E-state index is 11.8. The Labute approximate surface area is 104 Å². The fourth-order valence-electron chi connectivity index (χ4n) is 1.48. The summed E-state index contributed by atoms with van der Waals surface area (Å²) in [6, 6.07) is 7.11. The second-order valence-corrected chi connectivity index (χ2v) is 3.61. The highest BCUT2D eigenvalue weighted by Crippen LogP contribution is 2.17. The molecule has 2 aromatic rings. The molecule has 0 bridgehead atoms. The van der Waals surface area contributed by atoms with Crippen LogP contribution in [0, 0.1) is 0 Å². The molecule has 2 rings (SSSR count). The first-order valence-electron chi connectivity index (χ1n) is 5.53. The van der Waals surface area contributed by atoms with Gasteiger partial charge >= 0.3 is 0 Å². The molecule has 1 aromatic carbocycles. The van der Waals surface area contributed by atoms with E-state index in [1.54, 1.807) is 24.3 Å². The van der Waals surface area contributed by atoms with E-state index in [9.17, 15) is 4.79 Å². The lowest BCUT2D eigenvalue weighted by Crippen LogP contribution is -2.12. The summed E-state index contributed by atoms with van der Waals surface area (Å²) in [5, 5.41) is 8.92. The Kier molecular flexibility index (Phi) is 3.47. The lowest BCUT2D eigenvalue weighted by molar-refractivity contribution is 0.102. The fraction of sp³-hybridized carbons (Fsp3) is 0.167. The number of rotatable bonds is 4. The number of benzene rings is 1. The topological polar surface area (TPSA) is 93.0 Å². The first-order chi connectivity index (χ1) is 8.70. The van der Waals surface area contributed by atoms with E-state index >= 15 is 0 Å². The summed E-state index contributed by atoms with van der Waals surface area (Å²) in [6.45, 7) is 2.52. The normalized spacial score (nSPS) is 10.1. The van der Waals surface area contributed by atoms with Gasteiger partial charge in [-0.25, -0.2) is 0 Å². The minimum Gasteiger partial charge on any atom is -0.494 e. The van der Waals surface area contributed by atoms with Crippen molar-refractivity contribution in [1.82, 2.24) is 10.2 Å². The molecule has 18 heavy (non-hydrogen) atoms. The van der Waals surface area contributed by atoms with Crippen LogP contribution in [0.4, 0.5) is 11.5 Å². The van der Waals surface area contributed by atoms with Crippen LogP contribution in [-0.2, 0) is 0 Å². The lowest BCUT2D eigenvalue weighted by atomic mass is 10.2. The number of nitrogens with one attached hydrogen (secondary N) is 2. The Morgan fingerprint density at radius 2 is 2.17 bits per heavy atom. The minimum atomic E-state index is -0.301. The number of hydrogen-bond donors (Lipinski definition) is 3. The molecule has 0 radical (unpaired) electrons. The van der Waals surface area contributed by atoms with Crippen LogP contribution in [0.5, 0.6) is 5.75 Å². The van der Waals surface area contributed by atoms with Gasteiger partial charge in [0.25, 0.3) is 5.91 Å². The molecule has 0 saturated heterocycles. The van der Waals surface area contributed by atoms with Crippen LogP contribution in [0.2, 0.25) is 0 Å². The number of aromatic amines is 1. The van der Waals surface area contributed by atoms with E-state index in [-0.39, 0.29) is 11.7 Å². The van der Waals surface area contributed by atoms with Crippen LogP contribution in [0.1, 0.15) is 17.3 Å². The number of aromatic nitrogens is 2. The van der Waals surface area contributed by atoms with E-state index in [2.05, 4.69) is 15.5 Å². The minimum absolute atomic E-state index is 0.249. The zero-order valence-corrected chi connectivity index (χ0v) is 9.93. The summed E-state index contributed by atoms with van der Waals surface area (Å²) in [7, 11) is 0. The van der Waals surface area contributed by atoms with Crippen molar-refractivity contribution in [3.05, 3.63) is 36.0 Å². The number of nitrogen functional groups attached to an aromatic ring is 1. The molecule has 0 unspecified atom stereocenters. The largest absolute Gasteiger partial charge is 0.494 e. The van der Waals surface area contributed by atoms with Crippen LogP contribution >= 0.6 is 0 Å². The summed E-state index contributed by atoms with van der Waals surface area (Å²) < 4.78 is 5.31. The van der Waals surface area contributed by atoms with Crippen molar-refractivity contribution in [3.8, 4) is 5.75 Å². The number of carbonyl (C=O) groups is 1. The number of anilines is 2. The predicted octanol–water partition coefficient (Wildman–Crippen LogP) is 1.64. The molecule has 94 valence electrons. The van der Waals surface area contributed by atoms with Gasteiger partial charge in [-0.05, 0) is 31.2 Å². The summed E-state index contributed by atoms with van der Waals surface area (Å²) in [5.41, 5.74) is 6.55. The first-order valence-corrected chi connectivity index (χ1v) is 5.53. The molecular formula is C12H14N4O2. The zero-order chi connectivity index (χ0) is 13.0. The number of carbonyl (C=O) groups excluding carboxylic acids is 1. The molecule has 0 aliphatic carbocycles. The molecular weight excluding hydrogens is 232 g/mol. The molecule has 0 aliphatic rings. The Morgan fingerprint density at radius 1 is 1.44 bits per heavy atom. The molecule has 1 heterocycles. The quantitative estimate of drug-likeness (QED) is 0.764. The highest BCUT2D eigenvalue weighted by molar-refractivity contribution is 6.07. The monoisotopic (exact) mass is 246 g/mol. The third kappa shape index (κ3) is 2.60. The van der Waals surface area contributed by atoms with E-state index in [1.165, 1.54) is 6.20 Å². The molecule has 1 amide bonds. The molecule has 0 spiro atoms. The SMILES string of the molecule is CCOc1ccc(NC(=O)c2cn[nH]c2N)cc1. The van der Waals surface area contributed by atoms with Crippen molar-refractivity contribution in [2.24, 2.45) is 0 Å².